The molecule has 2 rings (SSSR count). The number of aryl methyl sites for hydroxylation is 2. The molecule has 2 atom stereocenters. The third-order valence-electron chi connectivity index (χ3n) is 4.38. The molecule has 1 amide bonds. The number of hydrogen-bond acceptors (Lipinski definition) is 2. The van der Waals surface area contributed by atoms with Gasteiger partial charge in [0.15, 0.2) is 6.10 Å². The second-order valence-electron chi connectivity index (χ2n) is 6.50. The molecule has 0 radical (unpaired) electrons. The highest BCUT2D eigenvalue weighted by Gasteiger charge is 2.26. The number of piperidine rings is 1. The quantitative estimate of drug-likeness (QED) is 0.850. The molecular formula is C18H27NO2. The van der Waals surface area contributed by atoms with E-state index in [1.807, 2.05) is 24.8 Å². The molecule has 1 aliphatic heterocycles. The van der Waals surface area contributed by atoms with Crippen LogP contribution in [0, 0.1) is 26.7 Å². The highest BCUT2D eigenvalue weighted by Crippen LogP contribution is 2.25. The van der Waals surface area contributed by atoms with Crippen molar-refractivity contribution < 1.29 is 9.53 Å². The van der Waals surface area contributed by atoms with E-state index in [0.717, 1.165) is 30.8 Å². The minimum absolute atomic E-state index is 0.111. The Balaban J connectivity index is 2.07. The van der Waals surface area contributed by atoms with Crippen molar-refractivity contribution in [2.45, 2.75) is 53.6 Å². The second-order valence-corrected chi connectivity index (χ2v) is 6.50. The van der Waals surface area contributed by atoms with Crippen molar-refractivity contribution >= 4 is 5.91 Å². The molecule has 1 aliphatic rings. The van der Waals surface area contributed by atoms with Crippen molar-refractivity contribution in [1.82, 2.24) is 4.90 Å². The first-order chi connectivity index (χ1) is 9.88. The first-order valence-corrected chi connectivity index (χ1v) is 7.91. The molecule has 1 heterocycles. The summed E-state index contributed by atoms with van der Waals surface area (Å²) in [6, 6.07) is 4.16. The Hall–Kier alpha value is -1.51. The van der Waals surface area contributed by atoms with E-state index in [1.54, 1.807) is 0 Å². The van der Waals surface area contributed by atoms with Gasteiger partial charge >= 0.3 is 0 Å². The topological polar surface area (TPSA) is 29.5 Å². The summed E-state index contributed by atoms with van der Waals surface area (Å²) in [7, 11) is 0. The number of benzene rings is 1. The Labute approximate surface area is 128 Å². The molecule has 0 aliphatic carbocycles. The average Bonchev–Trinajstić information content (AvgIpc) is 2.43. The molecule has 0 saturated carbocycles. The van der Waals surface area contributed by atoms with Crippen molar-refractivity contribution in [3.8, 4) is 5.75 Å². The molecule has 1 aromatic carbocycles. The lowest BCUT2D eigenvalue weighted by molar-refractivity contribution is -0.139. The lowest BCUT2D eigenvalue weighted by atomic mass is 10.00. The van der Waals surface area contributed by atoms with Crippen LogP contribution in [-0.2, 0) is 4.79 Å². The van der Waals surface area contributed by atoms with Crippen molar-refractivity contribution in [3.63, 3.8) is 0 Å². The van der Waals surface area contributed by atoms with Crippen LogP contribution in [0.4, 0.5) is 0 Å². The molecule has 0 N–H and O–H groups in total. The second kappa shape index (κ2) is 6.50. The number of rotatable bonds is 3. The van der Waals surface area contributed by atoms with Gasteiger partial charge < -0.3 is 9.64 Å². The summed E-state index contributed by atoms with van der Waals surface area (Å²) in [5, 5.41) is 0. The van der Waals surface area contributed by atoms with E-state index in [4.69, 9.17) is 4.74 Å². The number of amides is 1. The minimum atomic E-state index is -0.421. The molecular weight excluding hydrogens is 262 g/mol. The summed E-state index contributed by atoms with van der Waals surface area (Å²) < 4.78 is 5.97. The highest BCUT2D eigenvalue weighted by molar-refractivity contribution is 5.81. The summed E-state index contributed by atoms with van der Waals surface area (Å²) in [4.78, 5) is 14.5. The molecule has 0 spiro atoms. The molecule has 1 aromatic rings. The van der Waals surface area contributed by atoms with E-state index >= 15 is 0 Å². The lowest BCUT2D eigenvalue weighted by Crippen LogP contribution is -2.45. The fraction of sp³-hybridized carbons (Fsp3) is 0.611. The maximum Gasteiger partial charge on any atom is 0.263 e. The zero-order valence-electron chi connectivity index (χ0n) is 13.9. The van der Waals surface area contributed by atoms with E-state index < -0.39 is 6.10 Å². The predicted octanol–water partition coefficient (Wildman–Crippen LogP) is 3.64. The van der Waals surface area contributed by atoms with Crippen LogP contribution >= 0.6 is 0 Å². The summed E-state index contributed by atoms with van der Waals surface area (Å²) in [6.07, 6.45) is 1.90. The molecule has 1 fully saturated rings. The molecule has 3 heteroatoms. The zero-order valence-corrected chi connectivity index (χ0v) is 13.9. The van der Waals surface area contributed by atoms with Gasteiger partial charge in [-0.3, -0.25) is 4.79 Å². The monoisotopic (exact) mass is 289 g/mol. The fourth-order valence-electron chi connectivity index (χ4n) is 3.01. The van der Waals surface area contributed by atoms with Gasteiger partial charge in [0.05, 0.1) is 0 Å². The normalized spacial score (nSPS) is 20.2. The Bertz CT molecular complexity index is 524. The third-order valence-corrected chi connectivity index (χ3v) is 4.38. The maximum absolute atomic E-state index is 12.5. The Kier molecular flexibility index (Phi) is 4.92. The smallest absolute Gasteiger partial charge is 0.263 e. The molecule has 21 heavy (non-hydrogen) atoms. The van der Waals surface area contributed by atoms with Gasteiger partial charge in [0.2, 0.25) is 0 Å². The Morgan fingerprint density at radius 1 is 1.33 bits per heavy atom. The Morgan fingerprint density at radius 3 is 2.71 bits per heavy atom. The van der Waals surface area contributed by atoms with Crippen molar-refractivity contribution in [2.24, 2.45) is 5.92 Å². The lowest BCUT2D eigenvalue weighted by Gasteiger charge is -2.33. The number of hydrogen-bond donors (Lipinski definition) is 0. The van der Waals surface area contributed by atoms with Crippen LogP contribution < -0.4 is 4.74 Å². The fourth-order valence-corrected chi connectivity index (χ4v) is 3.01. The van der Waals surface area contributed by atoms with Gasteiger partial charge in [-0.2, -0.15) is 0 Å². The first kappa shape index (κ1) is 15.9. The zero-order chi connectivity index (χ0) is 15.6. The van der Waals surface area contributed by atoms with Crippen LogP contribution in [0.3, 0.4) is 0 Å². The van der Waals surface area contributed by atoms with Crippen LogP contribution in [0.5, 0.6) is 5.75 Å². The third kappa shape index (κ3) is 3.78. The van der Waals surface area contributed by atoms with Gasteiger partial charge in [0, 0.05) is 13.1 Å². The van der Waals surface area contributed by atoms with E-state index in [1.165, 1.54) is 17.5 Å². The predicted molar refractivity (Wildman–Crippen MR) is 85.7 cm³/mol. The van der Waals surface area contributed by atoms with Crippen LogP contribution in [0.15, 0.2) is 12.1 Å². The minimum Gasteiger partial charge on any atom is -0.481 e. The van der Waals surface area contributed by atoms with Crippen LogP contribution in [-0.4, -0.2) is 30.0 Å². The molecule has 0 aromatic heterocycles. The molecule has 0 bridgehead atoms. The first-order valence-electron chi connectivity index (χ1n) is 7.91. The van der Waals surface area contributed by atoms with E-state index in [9.17, 15) is 4.79 Å². The van der Waals surface area contributed by atoms with Gasteiger partial charge in [-0.25, -0.2) is 0 Å². The molecule has 116 valence electrons. The standard InChI is InChI=1S/C18H27NO2/c1-12-7-6-8-19(11-12)18(20)16(5)21-17-10-13(2)9-14(3)15(17)4/h9-10,12,16H,6-8,11H2,1-5H3/t12-,16+/m1/s1. The maximum atomic E-state index is 12.5. The summed E-state index contributed by atoms with van der Waals surface area (Å²) in [5.41, 5.74) is 3.49. The van der Waals surface area contributed by atoms with E-state index in [2.05, 4.69) is 26.8 Å². The van der Waals surface area contributed by atoms with E-state index in [0.29, 0.717) is 5.92 Å². The van der Waals surface area contributed by atoms with Crippen LogP contribution in [0.2, 0.25) is 0 Å². The number of carbonyl (C=O) groups is 1. The number of ether oxygens (including phenoxy) is 1. The van der Waals surface area contributed by atoms with Gasteiger partial charge in [0.25, 0.3) is 5.91 Å². The van der Waals surface area contributed by atoms with Gasteiger partial charge in [0.1, 0.15) is 5.75 Å². The molecule has 3 nitrogen and oxygen atoms in total. The number of likely N-dealkylation sites (tertiary alicyclic amines) is 1. The van der Waals surface area contributed by atoms with Crippen molar-refractivity contribution in [1.29, 1.82) is 0 Å². The highest BCUT2D eigenvalue weighted by atomic mass is 16.5. The van der Waals surface area contributed by atoms with Crippen molar-refractivity contribution in [3.05, 3.63) is 28.8 Å². The Morgan fingerprint density at radius 2 is 2.05 bits per heavy atom. The largest absolute Gasteiger partial charge is 0.481 e. The number of nitrogens with zero attached hydrogens (tertiary/aromatic N) is 1. The summed E-state index contributed by atoms with van der Waals surface area (Å²) in [5.74, 6) is 1.54. The molecule has 0 unspecified atom stereocenters. The van der Waals surface area contributed by atoms with Gasteiger partial charge in [-0.1, -0.05) is 13.0 Å². The molecule has 1 saturated heterocycles. The average molecular weight is 289 g/mol. The van der Waals surface area contributed by atoms with E-state index in [-0.39, 0.29) is 5.91 Å². The summed E-state index contributed by atoms with van der Waals surface area (Å²) >= 11 is 0. The van der Waals surface area contributed by atoms with Crippen LogP contribution in [0.1, 0.15) is 43.4 Å². The van der Waals surface area contributed by atoms with Crippen LogP contribution in [0.25, 0.3) is 0 Å². The van der Waals surface area contributed by atoms with Crippen molar-refractivity contribution in [2.75, 3.05) is 13.1 Å². The van der Waals surface area contributed by atoms with Gasteiger partial charge in [-0.05, 0) is 69.2 Å². The number of carbonyl (C=O) groups excluding carboxylic acids is 1. The SMILES string of the molecule is Cc1cc(C)c(C)c(O[C@@H](C)C(=O)N2CCC[C@@H](C)C2)c1. The van der Waals surface area contributed by atoms with Gasteiger partial charge in [-0.15, -0.1) is 0 Å². The summed E-state index contributed by atoms with van der Waals surface area (Å²) in [6.45, 7) is 12.0.